The van der Waals surface area contributed by atoms with Gasteiger partial charge in [-0.25, -0.2) is 0 Å². The summed E-state index contributed by atoms with van der Waals surface area (Å²) in [5, 5.41) is 0. The number of hydrogen-bond donors (Lipinski definition) is 0. The van der Waals surface area contributed by atoms with Crippen molar-refractivity contribution >= 4 is 0 Å². The minimum Gasteiger partial charge on any atom is -0.378 e. The zero-order valence-corrected chi connectivity index (χ0v) is 9.97. The quantitative estimate of drug-likeness (QED) is 0.675. The summed E-state index contributed by atoms with van der Waals surface area (Å²) in [5.41, 5.74) is 1.83. The van der Waals surface area contributed by atoms with Crippen LogP contribution in [0.2, 0.25) is 0 Å². The first-order valence-electron chi connectivity index (χ1n) is 5.57. The molecular weight excluding hydrogens is 174 g/mol. The van der Waals surface area contributed by atoms with Crippen molar-refractivity contribution in [3.05, 3.63) is 11.8 Å². The standard InChI is InChI=1S/C12H23NO/c1-5-11(12(2,3)4)10-13-6-8-14-9-7-13/h10H,5-9H2,1-4H3/b11-10+. The molecule has 14 heavy (non-hydrogen) atoms. The highest BCUT2D eigenvalue weighted by Crippen LogP contribution is 2.28. The molecule has 1 saturated heterocycles. The van der Waals surface area contributed by atoms with E-state index < -0.39 is 0 Å². The number of nitrogens with zero attached hydrogens (tertiary/aromatic N) is 1. The molecule has 1 rings (SSSR count). The van der Waals surface area contributed by atoms with E-state index in [1.165, 1.54) is 5.57 Å². The molecule has 2 nitrogen and oxygen atoms in total. The van der Waals surface area contributed by atoms with Crippen LogP contribution in [0.15, 0.2) is 11.8 Å². The third-order valence-corrected chi connectivity index (χ3v) is 2.73. The molecule has 0 aromatic heterocycles. The maximum Gasteiger partial charge on any atom is 0.0642 e. The van der Waals surface area contributed by atoms with Crippen LogP contribution in [0.5, 0.6) is 0 Å². The molecule has 2 heteroatoms. The van der Waals surface area contributed by atoms with Crippen LogP contribution in [0.4, 0.5) is 0 Å². The lowest BCUT2D eigenvalue weighted by Gasteiger charge is -2.30. The number of ether oxygens (including phenoxy) is 1. The molecule has 82 valence electrons. The molecule has 1 aliphatic heterocycles. The molecule has 0 radical (unpaired) electrons. The number of hydrogen-bond acceptors (Lipinski definition) is 2. The molecule has 0 unspecified atom stereocenters. The summed E-state index contributed by atoms with van der Waals surface area (Å²) in [4.78, 5) is 2.38. The van der Waals surface area contributed by atoms with Crippen molar-refractivity contribution in [3.8, 4) is 0 Å². The first-order chi connectivity index (χ1) is 6.54. The Morgan fingerprint density at radius 1 is 1.29 bits per heavy atom. The van der Waals surface area contributed by atoms with E-state index in [0.29, 0.717) is 5.41 Å². The summed E-state index contributed by atoms with van der Waals surface area (Å²) in [5.74, 6) is 0. The van der Waals surface area contributed by atoms with Gasteiger partial charge in [-0.3, -0.25) is 0 Å². The molecule has 1 heterocycles. The van der Waals surface area contributed by atoms with Gasteiger partial charge in [0, 0.05) is 13.1 Å². The summed E-state index contributed by atoms with van der Waals surface area (Å²) in [6, 6.07) is 0. The zero-order valence-electron chi connectivity index (χ0n) is 9.97. The van der Waals surface area contributed by atoms with Crippen molar-refractivity contribution in [1.82, 2.24) is 4.90 Å². The van der Waals surface area contributed by atoms with Gasteiger partial charge in [0.05, 0.1) is 13.2 Å². The highest BCUT2D eigenvalue weighted by Gasteiger charge is 2.17. The third kappa shape index (κ3) is 3.33. The summed E-state index contributed by atoms with van der Waals surface area (Å²) in [6.07, 6.45) is 3.48. The molecule has 0 atom stereocenters. The Balaban J connectivity index is 2.62. The average molecular weight is 197 g/mol. The van der Waals surface area contributed by atoms with Crippen LogP contribution < -0.4 is 0 Å². The van der Waals surface area contributed by atoms with Gasteiger partial charge < -0.3 is 9.64 Å². The largest absolute Gasteiger partial charge is 0.378 e. The lowest BCUT2D eigenvalue weighted by atomic mass is 9.85. The first kappa shape index (κ1) is 11.6. The minimum absolute atomic E-state index is 0.299. The molecule has 0 aliphatic carbocycles. The molecule has 0 aromatic carbocycles. The van der Waals surface area contributed by atoms with E-state index in [4.69, 9.17) is 4.74 Å². The minimum atomic E-state index is 0.299. The fraction of sp³-hybridized carbons (Fsp3) is 0.833. The second-order valence-corrected chi connectivity index (χ2v) is 4.91. The zero-order chi connectivity index (χ0) is 10.6. The van der Waals surface area contributed by atoms with E-state index in [2.05, 4.69) is 38.8 Å². The fourth-order valence-electron chi connectivity index (χ4n) is 1.74. The van der Waals surface area contributed by atoms with Crippen LogP contribution >= 0.6 is 0 Å². The van der Waals surface area contributed by atoms with Crippen molar-refractivity contribution in [2.75, 3.05) is 26.3 Å². The number of morpholine rings is 1. The molecule has 1 fully saturated rings. The predicted molar refractivity (Wildman–Crippen MR) is 60.2 cm³/mol. The van der Waals surface area contributed by atoms with E-state index in [0.717, 1.165) is 32.7 Å². The predicted octanol–water partition coefficient (Wildman–Crippen LogP) is 2.66. The van der Waals surface area contributed by atoms with Gasteiger partial charge in [0.25, 0.3) is 0 Å². The molecular formula is C12H23NO. The Kier molecular flexibility index (Phi) is 3.99. The first-order valence-corrected chi connectivity index (χ1v) is 5.57. The van der Waals surface area contributed by atoms with Crippen molar-refractivity contribution < 1.29 is 4.74 Å². The summed E-state index contributed by atoms with van der Waals surface area (Å²) in [6.45, 7) is 12.9. The smallest absolute Gasteiger partial charge is 0.0642 e. The third-order valence-electron chi connectivity index (χ3n) is 2.73. The molecule has 0 aromatic rings. The molecule has 0 spiro atoms. The molecule has 0 bridgehead atoms. The second-order valence-electron chi connectivity index (χ2n) is 4.91. The lowest BCUT2D eigenvalue weighted by molar-refractivity contribution is 0.0584. The Morgan fingerprint density at radius 2 is 1.86 bits per heavy atom. The molecule has 0 N–H and O–H groups in total. The van der Waals surface area contributed by atoms with E-state index in [9.17, 15) is 0 Å². The van der Waals surface area contributed by atoms with E-state index in [-0.39, 0.29) is 0 Å². The van der Waals surface area contributed by atoms with Crippen LogP contribution in [0.25, 0.3) is 0 Å². The maximum atomic E-state index is 5.33. The molecule has 0 saturated carbocycles. The van der Waals surface area contributed by atoms with E-state index in [1.54, 1.807) is 0 Å². The van der Waals surface area contributed by atoms with Crippen molar-refractivity contribution in [1.29, 1.82) is 0 Å². The maximum absolute atomic E-state index is 5.33. The van der Waals surface area contributed by atoms with E-state index >= 15 is 0 Å². The van der Waals surface area contributed by atoms with Gasteiger partial charge in [-0.15, -0.1) is 0 Å². The van der Waals surface area contributed by atoms with Crippen LogP contribution in [0.3, 0.4) is 0 Å². The summed E-state index contributed by atoms with van der Waals surface area (Å²) < 4.78 is 5.33. The van der Waals surface area contributed by atoms with Crippen molar-refractivity contribution in [2.24, 2.45) is 5.41 Å². The summed E-state index contributed by atoms with van der Waals surface area (Å²) in [7, 11) is 0. The van der Waals surface area contributed by atoms with Gasteiger partial charge in [0.15, 0.2) is 0 Å². The number of rotatable bonds is 2. The highest BCUT2D eigenvalue weighted by molar-refractivity contribution is 5.09. The van der Waals surface area contributed by atoms with Crippen LogP contribution in [0.1, 0.15) is 34.1 Å². The lowest BCUT2D eigenvalue weighted by Crippen LogP contribution is -2.33. The van der Waals surface area contributed by atoms with Gasteiger partial charge in [-0.2, -0.15) is 0 Å². The Bertz CT molecular complexity index is 197. The van der Waals surface area contributed by atoms with Crippen LogP contribution in [-0.4, -0.2) is 31.2 Å². The van der Waals surface area contributed by atoms with E-state index in [1.807, 2.05) is 0 Å². The fourth-order valence-corrected chi connectivity index (χ4v) is 1.74. The molecule has 1 aliphatic rings. The van der Waals surface area contributed by atoms with Crippen molar-refractivity contribution in [3.63, 3.8) is 0 Å². The van der Waals surface area contributed by atoms with Crippen molar-refractivity contribution in [2.45, 2.75) is 34.1 Å². The SMILES string of the molecule is CC/C(=C\N1CCOCC1)C(C)(C)C. The van der Waals surface area contributed by atoms with Gasteiger partial charge >= 0.3 is 0 Å². The highest BCUT2D eigenvalue weighted by atomic mass is 16.5. The topological polar surface area (TPSA) is 12.5 Å². The number of allylic oxidation sites excluding steroid dienone is 1. The van der Waals surface area contributed by atoms with Gasteiger partial charge in [0.1, 0.15) is 0 Å². The van der Waals surface area contributed by atoms with Gasteiger partial charge in [-0.1, -0.05) is 27.7 Å². The monoisotopic (exact) mass is 197 g/mol. The Morgan fingerprint density at radius 3 is 2.29 bits per heavy atom. The Labute approximate surface area is 87.9 Å². The normalized spacial score (nSPS) is 20.0. The van der Waals surface area contributed by atoms with Crippen LogP contribution in [0, 0.1) is 5.41 Å². The average Bonchev–Trinajstić information content (AvgIpc) is 2.14. The van der Waals surface area contributed by atoms with Crippen LogP contribution in [-0.2, 0) is 4.74 Å². The second kappa shape index (κ2) is 4.83. The summed E-state index contributed by atoms with van der Waals surface area (Å²) >= 11 is 0. The Hall–Kier alpha value is -0.500. The van der Waals surface area contributed by atoms with Gasteiger partial charge in [-0.05, 0) is 23.6 Å². The molecule has 0 amide bonds. The van der Waals surface area contributed by atoms with Gasteiger partial charge in [0.2, 0.25) is 0 Å².